The molecule has 9 heteroatoms. The van der Waals surface area contributed by atoms with Gasteiger partial charge in [0.25, 0.3) is 0 Å². The number of ether oxygens (including phenoxy) is 2. The molecule has 2 atom stereocenters. The summed E-state index contributed by atoms with van der Waals surface area (Å²) in [7, 11) is 0. The molecule has 0 bridgehead atoms. The molecule has 1 rings (SSSR count). The number of hydrogen-bond acceptors (Lipinski definition) is 4. The molecule has 21 heavy (non-hydrogen) atoms. The molecule has 0 saturated carbocycles. The third-order valence-corrected chi connectivity index (χ3v) is 3.44. The summed E-state index contributed by atoms with van der Waals surface area (Å²) in [5.74, 6) is 0.0501. The highest BCUT2D eigenvalue weighted by Gasteiger charge is 2.31. The predicted molar refractivity (Wildman–Crippen MR) is 75.6 cm³/mol. The van der Waals surface area contributed by atoms with Gasteiger partial charge in [0.05, 0.1) is 17.2 Å². The molecule has 1 aromatic rings. The van der Waals surface area contributed by atoms with Crippen molar-refractivity contribution >= 4 is 27.0 Å². The minimum Gasteiger partial charge on any atom is -0.492 e. The fourth-order valence-corrected chi connectivity index (χ4v) is 2.44. The normalized spacial score (nSPS) is 14.6. The maximum absolute atomic E-state index is 12.1. The van der Waals surface area contributed by atoms with E-state index in [-0.39, 0.29) is 18.5 Å². The molecule has 1 aromatic carbocycles. The molecular weight excluding hydrogens is 377 g/mol. The topological polar surface area (TPSA) is 44.8 Å². The number of alkyl halides is 3. The summed E-state index contributed by atoms with van der Waals surface area (Å²) in [6, 6.07) is 3.70. The molecule has 0 aromatic heterocycles. The van der Waals surface area contributed by atoms with Gasteiger partial charge in [-0.1, -0.05) is 0 Å². The lowest BCUT2D eigenvalue weighted by Crippen LogP contribution is -2.17. The van der Waals surface area contributed by atoms with Crippen LogP contribution in [0.25, 0.3) is 0 Å². The Morgan fingerprint density at radius 3 is 2.57 bits per heavy atom. The van der Waals surface area contributed by atoms with Crippen LogP contribution in [-0.4, -0.2) is 29.5 Å². The zero-order valence-electron chi connectivity index (χ0n) is 11.3. The van der Waals surface area contributed by atoms with Crippen LogP contribution in [0.2, 0.25) is 0 Å². The van der Waals surface area contributed by atoms with Gasteiger partial charge in [-0.3, -0.25) is 4.18 Å². The van der Waals surface area contributed by atoms with Gasteiger partial charge in [-0.05, 0) is 41.1 Å². The van der Waals surface area contributed by atoms with Gasteiger partial charge in [-0.25, -0.2) is 4.21 Å². The number of benzene rings is 1. The van der Waals surface area contributed by atoms with Crippen LogP contribution >= 0.6 is 15.9 Å². The highest BCUT2D eigenvalue weighted by Crippen LogP contribution is 2.32. The van der Waals surface area contributed by atoms with Gasteiger partial charge in [-0.15, -0.1) is 13.2 Å². The Hall–Kier alpha value is -0.800. The van der Waals surface area contributed by atoms with Gasteiger partial charge in [0.15, 0.2) is 11.1 Å². The number of hydrogen-bond donors (Lipinski definition) is 0. The Balaban J connectivity index is 2.51. The van der Waals surface area contributed by atoms with E-state index in [0.29, 0.717) is 16.6 Å². The summed E-state index contributed by atoms with van der Waals surface area (Å²) in [4.78, 5) is 0. The van der Waals surface area contributed by atoms with E-state index in [0.717, 1.165) is 6.07 Å². The molecule has 0 aliphatic heterocycles. The number of halogens is 4. The Bertz CT molecular complexity index is 496. The second kappa shape index (κ2) is 8.00. The van der Waals surface area contributed by atoms with Crippen LogP contribution in [0.5, 0.6) is 11.5 Å². The predicted octanol–water partition coefficient (Wildman–Crippen LogP) is 3.82. The summed E-state index contributed by atoms with van der Waals surface area (Å²) >= 11 is 1.76. The van der Waals surface area contributed by atoms with Crippen molar-refractivity contribution in [3.05, 3.63) is 22.7 Å². The van der Waals surface area contributed by atoms with Gasteiger partial charge >= 0.3 is 6.36 Å². The third kappa shape index (κ3) is 7.68. The first-order valence-electron chi connectivity index (χ1n) is 5.86. The highest BCUT2D eigenvalue weighted by molar-refractivity contribution is 9.10. The van der Waals surface area contributed by atoms with E-state index in [1.807, 2.05) is 0 Å². The van der Waals surface area contributed by atoms with Crippen LogP contribution in [0.3, 0.4) is 0 Å². The van der Waals surface area contributed by atoms with E-state index >= 15 is 0 Å². The van der Waals surface area contributed by atoms with Crippen molar-refractivity contribution in [3.63, 3.8) is 0 Å². The molecule has 0 fully saturated rings. The Kier molecular flexibility index (Phi) is 6.95. The van der Waals surface area contributed by atoms with Gasteiger partial charge in [0, 0.05) is 12.7 Å². The first-order valence-corrected chi connectivity index (χ1v) is 8.13. The zero-order chi connectivity index (χ0) is 16.0. The molecule has 120 valence electrons. The largest absolute Gasteiger partial charge is 0.573 e. The summed E-state index contributed by atoms with van der Waals surface area (Å²) in [5.41, 5.74) is 0. The zero-order valence-corrected chi connectivity index (χ0v) is 13.7. The lowest BCUT2D eigenvalue weighted by Gasteiger charge is -2.13. The van der Waals surface area contributed by atoms with Crippen LogP contribution < -0.4 is 9.47 Å². The van der Waals surface area contributed by atoms with E-state index in [2.05, 4.69) is 20.7 Å². The lowest BCUT2D eigenvalue weighted by molar-refractivity contribution is -0.274. The van der Waals surface area contributed by atoms with Crippen molar-refractivity contribution in [2.24, 2.45) is 0 Å². The molecule has 0 radical (unpaired) electrons. The quantitative estimate of drug-likeness (QED) is 0.709. The van der Waals surface area contributed by atoms with Gasteiger partial charge in [0.1, 0.15) is 11.5 Å². The molecule has 0 heterocycles. The smallest absolute Gasteiger partial charge is 0.492 e. The summed E-state index contributed by atoms with van der Waals surface area (Å²) in [5, 5.41) is 0. The lowest BCUT2D eigenvalue weighted by atomic mass is 10.3. The highest BCUT2D eigenvalue weighted by atomic mass is 79.9. The molecule has 0 spiro atoms. The third-order valence-electron chi connectivity index (χ3n) is 2.22. The molecule has 0 saturated heterocycles. The first kappa shape index (κ1) is 18.2. The Morgan fingerprint density at radius 2 is 2.05 bits per heavy atom. The standard InChI is InChI=1S/C12H14BrF3O4S/c1-8(20-21(2)17)5-6-18-11-4-3-9(7-10(11)13)19-12(14,15)16/h3-4,7-8H,5-6H2,1-2H3. The second-order valence-electron chi connectivity index (χ2n) is 4.09. The van der Waals surface area contributed by atoms with Crippen LogP contribution in [0.4, 0.5) is 13.2 Å². The Labute approximate surface area is 131 Å². The molecule has 4 nitrogen and oxygen atoms in total. The number of rotatable bonds is 7. The summed E-state index contributed by atoms with van der Waals surface area (Å²) < 4.78 is 61.6. The van der Waals surface area contributed by atoms with Crippen LogP contribution in [0.1, 0.15) is 13.3 Å². The van der Waals surface area contributed by atoms with Crippen molar-refractivity contribution in [2.45, 2.75) is 25.8 Å². The fourth-order valence-electron chi connectivity index (χ4n) is 1.41. The molecule has 2 unspecified atom stereocenters. The second-order valence-corrected chi connectivity index (χ2v) is 5.93. The summed E-state index contributed by atoms with van der Waals surface area (Å²) in [6.45, 7) is 2.02. The summed E-state index contributed by atoms with van der Waals surface area (Å²) in [6.07, 6.45) is -3.06. The monoisotopic (exact) mass is 390 g/mol. The average Bonchev–Trinajstić information content (AvgIpc) is 2.28. The van der Waals surface area contributed by atoms with E-state index in [1.54, 1.807) is 6.92 Å². The van der Waals surface area contributed by atoms with E-state index in [9.17, 15) is 17.4 Å². The van der Waals surface area contributed by atoms with Gasteiger partial charge in [-0.2, -0.15) is 0 Å². The minimum atomic E-state index is -4.73. The molecular formula is C12H14BrF3O4S. The van der Waals surface area contributed by atoms with E-state index in [4.69, 9.17) is 8.92 Å². The molecule has 0 amide bonds. The van der Waals surface area contributed by atoms with Crippen molar-refractivity contribution in [1.29, 1.82) is 0 Å². The van der Waals surface area contributed by atoms with Crippen molar-refractivity contribution in [1.82, 2.24) is 0 Å². The maximum atomic E-state index is 12.1. The first-order chi connectivity index (χ1) is 9.67. The SMILES string of the molecule is CC(CCOc1ccc(OC(F)(F)F)cc1Br)OS(C)=O. The van der Waals surface area contributed by atoms with Crippen LogP contribution in [0, 0.1) is 0 Å². The van der Waals surface area contributed by atoms with Crippen molar-refractivity contribution < 1.29 is 31.0 Å². The fraction of sp³-hybridized carbons (Fsp3) is 0.500. The van der Waals surface area contributed by atoms with E-state index in [1.165, 1.54) is 18.4 Å². The average molecular weight is 391 g/mol. The van der Waals surface area contributed by atoms with Crippen molar-refractivity contribution in [2.75, 3.05) is 12.9 Å². The molecule has 0 aliphatic rings. The van der Waals surface area contributed by atoms with Crippen LogP contribution in [-0.2, 0) is 15.3 Å². The molecule has 0 N–H and O–H groups in total. The minimum absolute atomic E-state index is 0.248. The van der Waals surface area contributed by atoms with E-state index < -0.39 is 17.4 Å². The van der Waals surface area contributed by atoms with Crippen molar-refractivity contribution in [3.8, 4) is 11.5 Å². The maximum Gasteiger partial charge on any atom is 0.573 e. The van der Waals surface area contributed by atoms with Gasteiger partial charge in [0.2, 0.25) is 0 Å². The molecule has 0 aliphatic carbocycles. The Morgan fingerprint density at radius 1 is 1.38 bits per heavy atom. The van der Waals surface area contributed by atoms with Crippen LogP contribution in [0.15, 0.2) is 22.7 Å². The van der Waals surface area contributed by atoms with Gasteiger partial charge < -0.3 is 9.47 Å².